The van der Waals surface area contributed by atoms with E-state index in [4.69, 9.17) is 9.84 Å². The Kier molecular flexibility index (Phi) is 3.10. The number of amides is 1. The number of nitrogens with one attached hydrogen (secondary N) is 2. The molecule has 0 spiro atoms. The number of aromatic amines is 1. The fraction of sp³-hybridized carbons (Fsp3) is 0.500. The van der Waals surface area contributed by atoms with E-state index in [9.17, 15) is 9.59 Å². The summed E-state index contributed by atoms with van der Waals surface area (Å²) in [6, 6.07) is 1.10. The lowest BCUT2D eigenvalue weighted by Crippen LogP contribution is -2.42. The first-order valence-electron chi connectivity index (χ1n) is 5.21. The SMILES string of the molecule is Cc1cc(C(=O)NC2COCC2C(=O)O)n[nH]1. The van der Waals surface area contributed by atoms with Crippen molar-refractivity contribution in [1.82, 2.24) is 15.5 Å². The molecule has 1 aromatic rings. The van der Waals surface area contributed by atoms with Crippen molar-refractivity contribution in [2.45, 2.75) is 13.0 Å². The smallest absolute Gasteiger partial charge is 0.311 e. The second-order valence-corrected chi connectivity index (χ2v) is 4.00. The van der Waals surface area contributed by atoms with Crippen LogP contribution in [0.15, 0.2) is 6.07 Å². The molecule has 2 unspecified atom stereocenters. The first-order chi connectivity index (χ1) is 8.08. The highest BCUT2D eigenvalue weighted by Gasteiger charge is 2.35. The molecule has 3 N–H and O–H groups in total. The summed E-state index contributed by atoms with van der Waals surface area (Å²) in [6.07, 6.45) is 0. The Bertz CT molecular complexity index is 443. The molecule has 1 aromatic heterocycles. The van der Waals surface area contributed by atoms with Crippen molar-refractivity contribution in [2.75, 3.05) is 13.2 Å². The summed E-state index contributed by atoms with van der Waals surface area (Å²) >= 11 is 0. The molecule has 2 rings (SSSR count). The third kappa shape index (κ3) is 2.44. The minimum Gasteiger partial charge on any atom is -0.481 e. The number of nitrogens with zero attached hydrogens (tertiary/aromatic N) is 1. The van der Waals surface area contributed by atoms with Gasteiger partial charge in [-0.15, -0.1) is 0 Å². The molecule has 0 bridgehead atoms. The Morgan fingerprint density at radius 3 is 2.94 bits per heavy atom. The van der Waals surface area contributed by atoms with E-state index in [0.29, 0.717) is 0 Å². The topological polar surface area (TPSA) is 104 Å². The Morgan fingerprint density at radius 2 is 2.35 bits per heavy atom. The van der Waals surface area contributed by atoms with Crippen LogP contribution in [0.5, 0.6) is 0 Å². The van der Waals surface area contributed by atoms with Crippen LogP contribution in [0.1, 0.15) is 16.2 Å². The summed E-state index contributed by atoms with van der Waals surface area (Å²) in [5.41, 5.74) is 1.02. The molecule has 1 fully saturated rings. The van der Waals surface area contributed by atoms with E-state index >= 15 is 0 Å². The van der Waals surface area contributed by atoms with Crippen LogP contribution in [0.3, 0.4) is 0 Å². The lowest BCUT2D eigenvalue weighted by molar-refractivity contribution is -0.142. The highest BCUT2D eigenvalue weighted by Crippen LogP contribution is 2.14. The molecule has 0 aromatic carbocycles. The van der Waals surface area contributed by atoms with E-state index in [1.54, 1.807) is 13.0 Å². The molecule has 1 aliphatic heterocycles. The lowest BCUT2D eigenvalue weighted by atomic mass is 10.0. The monoisotopic (exact) mass is 239 g/mol. The highest BCUT2D eigenvalue weighted by molar-refractivity contribution is 5.93. The van der Waals surface area contributed by atoms with Gasteiger partial charge >= 0.3 is 5.97 Å². The van der Waals surface area contributed by atoms with Crippen LogP contribution in [-0.4, -0.2) is 46.4 Å². The van der Waals surface area contributed by atoms with Gasteiger partial charge in [-0.2, -0.15) is 5.10 Å². The largest absolute Gasteiger partial charge is 0.481 e. The van der Waals surface area contributed by atoms with Gasteiger partial charge in [-0.3, -0.25) is 14.7 Å². The molecule has 1 aliphatic rings. The molecule has 7 heteroatoms. The van der Waals surface area contributed by atoms with Crippen molar-refractivity contribution >= 4 is 11.9 Å². The third-order valence-electron chi connectivity index (χ3n) is 2.65. The van der Waals surface area contributed by atoms with Crippen LogP contribution < -0.4 is 5.32 Å². The maximum atomic E-state index is 11.7. The average Bonchev–Trinajstić information content (AvgIpc) is 2.86. The third-order valence-corrected chi connectivity index (χ3v) is 2.65. The zero-order valence-corrected chi connectivity index (χ0v) is 9.27. The normalized spacial score (nSPS) is 23.6. The summed E-state index contributed by atoms with van der Waals surface area (Å²) in [7, 11) is 0. The second-order valence-electron chi connectivity index (χ2n) is 4.00. The van der Waals surface area contributed by atoms with Crippen molar-refractivity contribution in [3.05, 3.63) is 17.5 Å². The first kappa shape index (κ1) is 11.6. The second kappa shape index (κ2) is 4.54. The Hall–Kier alpha value is -1.89. The molecule has 2 heterocycles. The van der Waals surface area contributed by atoms with Gasteiger partial charge < -0.3 is 15.2 Å². The molecular formula is C10H13N3O4. The van der Waals surface area contributed by atoms with Crippen molar-refractivity contribution < 1.29 is 19.4 Å². The highest BCUT2D eigenvalue weighted by atomic mass is 16.5. The minimum absolute atomic E-state index is 0.125. The van der Waals surface area contributed by atoms with Gasteiger partial charge in [0.2, 0.25) is 0 Å². The molecule has 7 nitrogen and oxygen atoms in total. The number of carbonyl (C=O) groups excluding carboxylic acids is 1. The fourth-order valence-electron chi connectivity index (χ4n) is 1.72. The molecule has 0 radical (unpaired) electrons. The number of aromatic nitrogens is 2. The van der Waals surface area contributed by atoms with Gasteiger partial charge in [0.1, 0.15) is 11.6 Å². The number of carboxylic acids is 1. The summed E-state index contributed by atoms with van der Waals surface area (Å²) < 4.78 is 5.05. The molecule has 1 amide bonds. The zero-order valence-electron chi connectivity index (χ0n) is 9.27. The number of hydrogen-bond donors (Lipinski definition) is 3. The number of H-pyrrole nitrogens is 1. The van der Waals surface area contributed by atoms with Crippen LogP contribution in [0, 0.1) is 12.8 Å². The molecule has 2 atom stereocenters. The number of aryl methyl sites for hydroxylation is 1. The van der Waals surface area contributed by atoms with Gasteiger partial charge in [0.25, 0.3) is 5.91 Å². The number of rotatable bonds is 3. The van der Waals surface area contributed by atoms with Gasteiger partial charge in [0.05, 0.1) is 19.3 Å². The molecule has 1 saturated heterocycles. The van der Waals surface area contributed by atoms with E-state index < -0.39 is 23.8 Å². The van der Waals surface area contributed by atoms with Gasteiger partial charge in [-0.05, 0) is 13.0 Å². The van der Waals surface area contributed by atoms with E-state index in [1.165, 1.54) is 0 Å². The lowest BCUT2D eigenvalue weighted by Gasteiger charge is -2.14. The number of hydrogen-bond acceptors (Lipinski definition) is 4. The molecular weight excluding hydrogens is 226 g/mol. The summed E-state index contributed by atoms with van der Waals surface area (Å²) in [5.74, 6) is -2.05. The predicted molar refractivity (Wildman–Crippen MR) is 56.5 cm³/mol. The van der Waals surface area contributed by atoms with Gasteiger partial charge in [-0.25, -0.2) is 0 Å². The first-order valence-corrected chi connectivity index (χ1v) is 5.21. The minimum atomic E-state index is -0.967. The predicted octanol–water partition coefficient (Wildman–Crippen LogP) is -0.452. The summed E-state index contributed by atoms with van der Waals surface area (Å²) in [5, 5.41) is 18.0. The summed E-state index contributed by atoms with van der Waals surface area (Å²) in [6.45, 7) is 2.12. The fourth-order valence-corrected chi connectivity index (χ4v) is 1.72. The van der Waals surface area contributed by atoms with Crippen molar-refractivity contribution in [1.29, 1.82) is 0 Å². The maximum absolute atomic E-state index is 11.7. The number of aliphatic carboxylic acids is 1. The average molecular weight is 239 g/mol. The van der Waals surface area contributed by atoms with Crippen LogP contribution >= 0.6 is 0 Å². The van der Waals surface area contributed by atoms with Gasteiger partial charge in [-0.1, -0.05) is 0 Å². The van der Waals surface area contributed by atoms with E-state index in [-0.39, 0.29) is 18.9 Å². The van der Waals surface area contributed by atoms with Gasteiger partial charge in [0, 0.05) is 5.69 Å². The summed E-state index contributed by atoms with van der Waals surface area (Å²) in [4.78, 5) is 22.6. The van der Waals surface area contributed by atoms with Crippen molar-refractivity contribution in [3.63, 3.8) is 0 Å². The standard InChI is InChI=1S/C10H13N3O4/c1-5-2-7(13-12-5)9(14)11-8-4-17-3-6(8)10(15)16/h2,6,8H,3-4H2,1H3,(H,11,14)(H,12,13)(H,15,16). The molecule has 0 aliphatic carbocycles. The number of carbonyl (C=O) groups is 2. The Balaban J connectivity index is 2.01. The van der Waals surface area contributed by atoms with Crippen LogP contribution in [0.2, 0.25) is 0 Å². The Morgan fingerprint density at radius 1 is 1.59 bits per heavy atom. The quantitative estimate of drug-likeness (QED) is 0.662. The van der Waals surface area contributed by atoms with E-state index in [2.05, 4.69) is 15.5 Å². The van der Waals surface area contributed by atoms with Crippen molar-refractivity contribution in [2.24, 2.45) is 5.92 Å². The molecule has 0 saturated carbocycles. The number of ether oxygens (including phenoxy) is 1. The van der Waals surface area contributed by atoms with Crippen LogP contribution in [-0.2, 0) is 9.53 Å². The Labute approximate surface area is 97.2 Å². The maximum Gasteiger partial charge on any atom is 0.311 e. The van der Waals surface area contributed by atoms with Crippen molar-refractivity contribution in [3.8, 4) is 0 Å². The molecule has 92 valence electrons. The van der Waals surface area contributed by atoms with Crippen LogP contribution in [0.4, 0.5) is 0 Å². The van der Waals surface area contributed by atoms with Gasteiger partial charge in [0.15, 0.2) is 0 Å². The van der Waals surface area contributed by atoms with Crippen LogP contribution in [0.25, 0.3) is 0 Å². The number of carboxylic acid groups (broad SMARTS) is 1. The molecule has 17 heavy (non-hydrogen) atoms. The van der Waals surface area contributed by atoms with E-state index in [1.807, 2.05) is 0 Å². The zero-order chi connectivity index (χ0) is 12.4. The van der Waals surface area contributed by atoms with E-state index in [0.717, 1.165) is 5.69 Å².